The predicted octanol–water partition coefficient (Wildman–Crippen LogP) is 0.579. The molecular weight excluding hydrogens is 254 g/mol. The molecule has 18 heavy (non-hydrogen) atoms. The Hall–Kier alpha value is -1.18. The van der Waals surface area contributed by atoms with Gasteiger partial charge in [0, 0.05) is 19.9 Å². The van der Waals surface area contributed by atoms with Gasteiger partial charge in [-0.2, -0.15) is 0 Å². The van der Waals surface area contributed by atoms with Crippen LogP contribution >= 0.6 is 0 Å². The van der Waals surface area contributed by atoms with E-state index in [1.165, 1.54) is 6.20 Å². The molecule has 0 aromatic carbocycles. The van der Waals surface area contributed by atoms with E-state index in [-0.39, 0.29) is 17.2 Å². The Morgan fingerprint density at radius 3 is 2.89 bits per heavy atom. The number of nitrogens with zero attached hydrogens (tertiary/aromatic N) is 1. The maximum atomic E-state index is 12.2. The second kappa shape index (κ2) is 5.21. The first-order valence-corrected chi connectivity index (χ1v) is 7.29. The second-order valence-electron chi connectivity index (χ2n) is 4.20. The SMILES string of the molecule is CNc1cccnc1S(=O)(=O)NC1CCOC1C. The summed E-state index contributed by atoms with van der Waals surface area (Å²) in [7, 11) is -1.96. The zero-order chi connectivity index (χ0) is 13.2. The van der Waals surface area contributed by atoms with Crippen LogP contribution < -0.4 is 10.0 Å². The summed E-state index contributed by atoms with van der Waals surface area (Å²) in [5.74, 6) is 0. The number of sulfonamides is 1. The van der Waals surface area contributed by atoms with Gasteiger partial charge in [0.2, 0.25) is 0 Å². The van der Waals surface area contributed by atoms with Gasteiger partial charge in [-0.25, -0.2) is 18.1 Å². The molecule has 1 aromatic rings. The van der Waals surface area contributed by atoms with E-state index in [1.54, 1.807) is 19.2 Å². The Kier molecular flexibility index (Phi) is 3.84. The van der Waals surface area contributed by atoms with Crippen LogP contribution in [0.3, 0.4) is 0 Å². The zero-order valence-corrected chi connectivity index (χ0v) is 11.2. The molecule has 1 aliphatic heterocycles. The van der Waals surface area contributed by atoms with Crippen LogP contribution in [0.2, 0.25) is 0 Å². The van der Waals surface area contributed by atoms with Crippen molar-refractivity contribution in [2.24, 2.45) is 0 Å². The van der Waals surface area contributed by atoms with Crippen molar-refractivity contribution < 1.29 is 13.2 Å². The summed E-state index contributed by atoms with van der Waals surface area (Å²) < 4.78 is 32.5. The number of hydrogen-bond donors (Lipinski definition) is 2. The third-order valence-electron chi connectivity index (χ3n) is 2.98. The molecule has 100 valence electrons. The normalized spacial score (nSPS) is 24.1. The van der Waals surface area contributed by atoms with Crippen molar-refractivity contribution in [3.63, 3.8) is 0 Å². The van der Waals surface area contributed by atoms with Crippen molar-refractivity contribution in [3.8, 4) is 0 Å². The molecular formula is C11H17N3O3S. The number of pyridine rings is 1. The van der Waals surface area contributed by atoms with Crippen molar-refractivity contribution in [1.29, 1.82) is 0 Å². The average Bonchev–Trinajstić information content (AvgIpc) is 2.74. The molecule has 0 saturated carbocycles. The van der Waals surface area contributed by atoms with Crippen LogP contribution in [0.1, 0.15) is 13.3 Å². The van der Waals surface area contributed by atoms with Crippen LogP contribution in [0, 0.1) is 0 Å². The lowest BCUT2D eigenvalue weighted by Gasteiger charge is -2.17. The summed E-state index contributed by atoms with van der Waals surface area (Å²) in [6.45, 7) is 2.44. The summed E-state index contributed by atoms with van der Waals surface area (Å²) >= 11 is 0. The van der Waals surface area contributed by atoms with E-state index in [0.717, 1.165) is 0 Å². The molecule has 1 fully saturated rings. The highest BCUT2D eigenvalue weighted by Gasteiger charge is 2.30. The van der Waals surface area contributed by atoms with Crippen molar-refractivity contribution in [3.05, 3.63) is 18.3 Å². The first-order chi connectivity index (χ1) is 8.54. The quantitative estimate of drug-likeness (QED) is 0.837. The van der Waals surface area contributed by atoms with E-state index in [1.807, 2.05) is 6.92 Å². The van der Waals surface area contributed by atoms with Crippen molar-refractivity contribution in [1.82, 2.24) is 9.71 Å². The first-order valence-electron chi connectivity index (χ1n) is 5.81. The molecule has 1 aliphatic rings. The van der Waals surface area contributed by atoms with Gasteiger partial charge in [-0.05, 0) is 25.5 Å². The van der Waals surface area contributed by atoms with Gasteiger partial charge < -0.3 is 10.1 Å². The number of aromatic nitrogens is 1. The van der Waals surface area contributed by atoms with Gasteiger partial charge in [-0.3, -0.25) is 0 Å². The van der Waals surface area contributed by atoms with Crippen LogP contribution in [-0.4, -0.2) is 39.2 Å². The minimum Gasteiger partial charge on any atom is -0.386 e. The van der Waals surface area contributed by atoms with Crippen molar-refractivity contribution in [2.45, 2.75) is 30.5 Å². The molecule has 1 aromatic heterocycles. The standard InChI is InChI=1S/C11H17N3O3S/c1-8-9(5-7-17-8)14-18(15,16)11-10(12-2)4-3-6-13-11/h3-4,6,8-9,12,14H,5,7H2,1-2H3. The monoisotopic (exact) mass is 271 g/mol. The summed E-state index contributed by atoms with van der Waals surface area (Å²) in [5, 5.41) is 2.84. The second-order valence-corrected chi connectivity index (χ2v) is 5.83. The molecule has 2 N–H and O–H groups in total. The van der Waals surface area contributed by atoms with Gasteiger partial charge in [-0.1, -0.05) is 0 Å². The van der Waals surface area contributed by atoms with E-state index in [0.29, 0.717) is 18.7 Å². The summed E-state index contributed by atoms with van der Waals surface area (Å²) in [6.07, 6.45) is 2.04. The van der Waals surface area contributed by atoms with Gasteiger partial charge in [-0.15, -0.1) is 0 Å². The molecule has 2 heterocycles. The van der Waals surface area contributed by atoms with Crippen molar-refractivity contribution in [2.75, 3.05) is 19.0 Å². The molecule has 0 amide bonds. The highest BCUT2D eigenvalue weighted by atomic mass is 32.2. The highest BCUT2D eigenvalue weighted by Crippen LogP contribution is 2.20. The Labute approximate surface area is 107 Å². The van der Waals surface area contributed by atoms with Crippen LogP contribution in [0.5, 0.6) is 0 Å². The van der Waals surface area contributed by atoms with Gasteiger partial charge in [0.05, 0.1) is 17.8 Å². The Bertz CT molecular complexity index is 518. The fraction of sp³-hybridized carbons (Fsp3) is 0.545. The number of hydrogen-bond acceptors (Lipinski definition) is 5. The summed E-state index contributed by atoms with van der Waals surface area (Å²) in [5.41, 5.74) is 0.483. The maximum absolute atomic E-state index is 12.2. The first kappa shape index (κ1) is 13.3. The van der Waals surface area contributed by atoms with E-state index < -0.39 is 10.0 Å². The lowest BCUT2D eigenvalue weighted by Crippen LogP contribution is -2.39. The fourth-order valence-corrected chi connectivity index (χ4v) is 3.42. The lowest BCUT2D eigenvalue weighted by atomic mass is 10.2. The minimum atomic E-state index is -3.62. The van der Waals surface area contributed by atoms with Crippen LogP contribution in [-0.2, 0) is 14.8 Å². The van der Waals surface area contributed by atoms with Crippen LogP contribution in [0.4, 0.5) is 5.69 Å². The molecule has 0 spiro atoms. The van der Waals surface area contributed by atoms with Crippen molar-refractivity contribution >= 4 is 15.7 Å². The van der Waals surface area contributed by atoms with Gasteiger partial charge in [0.1, 0.15) is 0 Å². The summed E-state index contributed by atoms with van der Waals surface area (Å²) in [4.78, 5) is 3.93. The largest absolute Gasteiger partial charge is 0.386 e. The number of nitrogens with one attached hydrogen (secondary N) is 2. The zero-order valence-electron chi connectivity index (χ0n) is 10.4. The molecule has 6 nitrogen and oxygen atoms in total. The topological polar surface area (TPSA) is 80.3 Å². The van der Waals surface area contributed by atoms with E-state index in [9.17, 15) is 8.42 Å². The van der Waals surface area contributed by atoms with E-state index in [2.05, 4.69) is 15.0 Å². The third-order valence-corrected chi connectivity index (χ3v) is 4.43. The summed E-state index contributed by atoms with van der Waals surface area (Å²) in [6, 6.07) is 3.17. The van der Waals surface area contributed by atoms with E-state index >= 15 is 0 Å². The fourth-order valence-electron chi connectivity index (χ4n) is 1.94. The predicted molar refractivity (Wildman–Crippen MR) is 67.9 cm³/mol. The molecule has 2 atom stereocenters. The van der Waals surface area contributed by atoms with Gasteiger partial charge in [0.25, 0.3) is 10.0 Å². The molecule has 0 bridgehead atoms. The number of rotatable bonds is 4. The molecule has 0 aliphatic carbocycles. The Morgan fingerprint density at radius 1 is 1.50 bits per heavy atom. The number of ether oxygens (including phenoxy) is 1. The molecule has 2 unspecified atom stereocenters. The smallest absolute Gasteiger partial charge is 0.260 e. The molecule has 7 heteroatoms. The van der Waals surface area contributed by atoms with Gasteiger partial charge in [0.15, 0.2) is 5.03 Å². The Morgan fingerprint density at radius 2 is 2.28 bits per heavy atom. The highest BCUT2D eigenvalue weighted by molar-refractivity contribution is 7.89. The van der Waals surface area contributed by atoms with Crippen LogP contribution in [0.25, 0.3) is 0 Å². The van der Waals surface area contributed by atoms with Crippen LogP contribution in [0.15, 0.2) is 23.4 Å². The molecule has 1 saturated heterocycles. The minimum absolute atomic E-state index is 0.0200. The third kappa shape index (κ3) is 2.63. The number of anilines is 1. The molecule has 2 rings (SSSR count). The maximum Gasteiger partial charge on any atom is 0.260 e. The average molecular weight is 271 g/mol. The van der Waals surface area contributed by atoms with Gasteiger partial charge >= 0.3 is 0 Å². The lowest BCUT2D eigenvalue weighted by molar-refractivity contribution is 0.117. The molecule has 0 radical (unpaired) electrons. The Balaban J connectivity index is 2.25. The van der Waals surface area contributed by atoms with E-state index in [4.69, 9.17) is 4.74 Å².